The molecule has 3 aromatic rings. The molecule has 1 saturated carbocycles. The summed E-state index contributed by atoms with van der Waals surface area (Å²) in [6, 6.07) is 16.2. The fourth-order valence-corrected chi connectivity index (χ4v) is 4.70. The van der Waals surface area contributed by atoms with Crippen molar-refractivity contribution in [2.24, 2.45) is 0 Å². The van der Waals surface area contributed by atoms with E-state index in [0.717, 1.165) is 45.5 Å². The molecule has 0 aliphatic heterocycles. The van der Waals surface area contributed by atoms with Crippen LogP contribution < -0.4 is 5.32 Å². The first kappa shape index (κ1) is 16.8. The van der Waals surface area contributed by atoms with Crippen LogP contribution in [0.15, 0.2) is 57.4 Å². The standard InChI is InChI=1S/C23H20BrNO2/c24-15-8-6-7-14(13-15)22-20-19(17-11-4-5-12-18(17)21(20)26)23(27-22)25-16-9-2-1-3-10-16/h4-8,11-13,16,25H,1-3,9-10H2. The summed E-state index contributed by atoms with van der Waals surface area (Å²) < 4.78 is 7.27. The Kier molecular flexibility index (Phi) is 4.16. The van der Waals surface area contributed by atoms with E-state index in [9.17, 15) is 4.79 Å². The Bertz CT molecular complexity index is 1030. The van der Waals surface area contributed by atoms with Crippen LogP contribution in [0.3, 0.4) is 0 Å². The first-order chi connectivity index (χ1) is 13.2. The van der Waals surface area contributed by atoms with Gasteiger partial charge >= 0.3 is 0 Å². The predicted molar refractivity (Wildman–Crippen MR) is 111 cm³/mol. The van der Waals surface area contributed by atoms with Crippen molar-refractivity contribution in [3.8, 4) is 22.5 Å². The lowest BCUT2D eigenvalue weighted by Crippen LogP contribution is -2.22. The van der Waals surface area contributed by atoms with Gasteiger partial charge in [-0.25, -0.2) is 0 Å². The molecule has 2 aliphatic carbocycles. The average molecular weight is 422 g/mol. The van der Waals surface area contributed by atoms with E-state index >= 15 is 0 Å². The zero-order chi connectivity index (χ0) is 18.4. The molecule has 0 radical (unpaired) electrons. The molecule has 27 heavy (non-hydrogen) atoms. The number of nitrogens with one attached hydrogen (secondary N) is 1. The number of rotatable bonds is 3. The maximum atomic E-state index is 13.2. The van der Waals surface area contributed by atoms with Crippen LogP contribution in [0.4, 0.5) is 5.88 Å². The molecule has 2 aliphatic rings. The molecule has 1 N–H and O–H groups in total. The quantitative estimate of drug-likeness (QED) is 0.401. The van der Waals surface area contributed by atoms with Gasteiger partial charge in [-0.15, -0.1) is 0 Å². The largest absolute Gasteiger partial charge is 0.439 e. The molecule has 136 valence electrons. The maximum Gasteiger partial charge on any atom is 0.202 e. The molecule has 1 aromatic heterocycles. The lowest BCUT2D eigenvalue weighted by atomic mass is 9.95. The van der Waals surface area contributed by atoms with E-state index in [2.05, 4.69) is 21.2 Å². The molecule has 1 heterocycles. The normalized spacial score (nSPS) is 16.3. The second-order valence-corrected chi connectivity index (χ2v) is 8.29. The highest BCUT2D eigenvalue weighted by molar-refractivity contribution is 9.10. The predicted octanol–water partition coefficient (Wildman–Crippen LogP) is 6.67. The van der Waals surface area contributed by atoms with Gasteiger partial charge in [-0.3, -0.25) is 4.79 Å². The molecular formula is C23H20BrNO2. The minimum Gasteiger partial charge on any atom is -0.439 e. The Morgan fingerprint density at radius 2 is 1.70 bits per heavy atom. The zero-order valence-electron chi connectivity index (χ0n) is 14.9. The fraction of sp³-hybridized carbons (Fsp3) is 0.261. The van der Waals surface area contributed by atoms with E-state index in [4.69, 9.17) is 4.42 Å². The number of anilines is 1. The van der Waals surface area contributed by atoms with Crippen LogP contribution in [0.25, 0.3) is 22.5 Å². The highest BCUT2D eigenvalue weighted by Crippen LogP contribution is 2.48. The Balaban J connectivity index is 1.67. The molecule has 0 bridgehead atoms. The highest BCUT2D eigenvalue weighted by atomic mass is 79.9. The Morgan fingerprint density at radius 1 is 0.926 bits per heavy atom. The summed E-state index contributed by atoms with van der Waals surface area (Å²) >= 11 is 3.53. The number of hydrogen-bond acceptors (Lipinski definition) is 3. The Morgan fingerprint density at radius 3 is 2.48 bits per heavy atom. The minimum absolute atomic E-state index is 0.0519. The summed E-state index contributed by atoms with van der Waals surface area (Å²) in [7, 11) is 0. The number of carbonyl (C=O) groups is 1. The number of fused-ring (bicyclic) bond motifs is 3. The van der Waals surface area contributed by atoms with Gasteiger partial charge in [0.15, 0.2) is 5.78 Å². The smallest absolute Gasteiger partial charge is 0.202 e. The zero-order valence-corrected chi connectivity index (χ0v) is 16.5. The first-order valence-electron chi connectivity index (χ1n) is 9.56. The van der Waals surface area contributed by atoms with Crippen LogP contribution in [-0.2, 0) is 0 Å². The Hall–Kier alpha value is -2.33. The number of benzene rings is 2. The van der Waals surface area contributed by atoms with Crippen molar-refractivity contribution < 1.29 is 9.21 Å². The molecule has 2 aromatic carbocycles. The van der Waals surface area contributed by atoms with Gasteiger partial charge in [0.2, 0.25) is 5.88 Å². The van der Waals surface area contributed by atoms with Gasteiger partial charge in [-0.05, 0) is 30.5 Å². The van der Waals surface area contributed by atoms with Crippen molar-refractivity contribution in [3.05, 3.63) is 64.1 Å². The van der Waals surface area contributed by atoms with Crippen LogP contribution in [0.5, 0.6) is 0 Å². The van der Waals surface area contributed by atoms with Crippen LogP contribution in [-0.4, -0.2) is 11.8 Å². The van der Waals surface area contributed by atoms with Crippen LogP contribution in [0.1, 0.15) is 48.0 Å². The van der Waals surface area contributed by atoms with Gasteiger partial charge in [0.05, 0.1) is 11.1 Å². The molecule has 0 atom stereocenters. The van der Waals surface area contributed by atoms with E-state index in [1.165, 1.54) is 19.3 Å². The third kappa shape index (κ3) is 2.83. The molecule has 0 amide bonds. The average Bonchev–Trinajstić information content (AvgIpc) is 3.20. The number of hydrogen-bond donors (Lipinski definition) is 1. The molecule has 4 heteroatoms. The van der Waals surface area contributed by atoms with Gasteiger partial charge in [-0.1, -0.05) is 71.6 Å². The number of carbonyl (C=O) groups excluding carboxylic acids is 1. The van der Waals surface area contributed by atoms with E-state index in [1.807, 2.05) is 48.5 Å². The molecule has 5 rings (SSSR count). The topological polar surface area (TPSA) is 42.2 Å². The third-order valence-corrected chi connectivity index (χ3v) is 6.10. The lowest BCUT2D eigenvalue weighted by molar-refractivity contribution is 0.104. The summed E-state index contributed by atoms with van der Waals surface area (Å²) in [5, 5.41) is 3.62. The summed E-state index contributed by atoms with van der Waals surface area (Å²) in [5.74, 6) is 1.45. The van der Waals surface area contributed by atoms with Crippen molar-refractivity contribution >= 4 is 27.6 Å². The SMILES string of the molecule is O=C1c2ccccc2-c2c(NC3CCCCC3)oc(-c3cccc(Br)c3)c21. The third-order valence-electron chi connectivity index (χ3n) is 5.60. The van der Waals surface area contributed by atoms with Gasteiger partial charge < -0.3 is 9.73 Å². The number of ketones is 1. The minimum atomic E-state index is 0.0519. The monoisotopic (exact) mass is 421 g/mol. The molecule has 1 fully saturated rings. The van der Waals surface area contributed by atoms with Gasteiger partial charge in [0.1, 0.15) is 5.76 Å². The maximum absolute atomic E-state index is 13.2. The van der Waals surface area contributed by atoms with Crippen LogP contribution >= 0.6 is 15.9 Å². The molecule has 0 spiro atoms. The van der Waals surface area contributed by atoms with Crippen molar-refractivity contribution in [1.82, 2.24) is 0 Å². The van der Waals surface area contributed by atoms with E-state index in [0.29, 0.717) is 17.4 Å². The van der Waals surface area contributed by atoms with Gasteiger partial charge in [0.25, 0.3) is 0 Å². The van der Waals surface area contributed by atoms with Crippen molar-refractivity contribution in [2.75, 3.05) is 5.32 Å². The second kappa shape index (κ2) is 6.68. The van der Waals surface area contributed by atoms with Crippen molar-refractivity contribution in [2.45, 2.75) is 38.1 Å². The van der Waals surface area contributed by atoms with Crippen molar-refractivity contribution in [1.29, 1.82) is 0 Å². The van der Waals surface area contributed by atoms with Gasteiger partial charge in [-0.2, -0.15) is 0 Å². The molecule has 0 unspecified atom stereocenters. The molecule has 0 saturated heterocycles. The fourth-order valence-electron chi connectivity index (χ4n) is 4.31. The summed E-state index contributed by atoms with van der Waals surface area (Å²) in [5.41, 5.74) is 4.27. The summed E-state index contributed by atoms with van der Waals surface area (Å²) in [6.45, 7) is 0. The number of furan rings is 1. The van der Waals surface area contributed by atoms with Crippen LogP contribution in [0.2, 0.25) is 0 Å². The lowest BCUT2D eigenvalue weighted by Gasteiger charge is -2.23. The molecular weight excluding hydrogens is 402 g/mol. The van der Waals surface area contributed by atoms with E-state index in [1.54, 1.807) is 0 Å². The van der Waals surface area contributed by atoms with E-state index < -0.39 is 0 Å². The molecule has 3 nitrogen and oxygen atoms in total. The summed E-state index contributed by atoms with van der Waals surface area (Å²) in [6.07, 6.45) is 6.09. The highest BCUT2D eigenvalue weighted by Gasteiger charge is 2.36. The second-order valence-electron chi connectivity index (χ2n) is 7.37. The van der Waals surface area contributed by atoms with Crippen LogP contribution in [0, 0.1) is 0 Å². The van der Waals surface area contributed by atoms with Gasteiger partial charge in [0, 0.05) is 21.6 Å². The summed E-state index contributed by atoms with van der Waals surface area (Å²) in [4.78, 5) is 13.2. The Labute approximate surface area is 166 Å². The first-order valence-corrected chi connectivity index (χ1v) is 10.3. The van der Waals surface area contributed by atoms with E-state index in [-0.39, 0.29) is 5.78 Å². The van der Waals surface area contributed by atoms with Crippen molar-refractivity contribution in [3.63, 3.8) is 0 Å². The number of halogens is 1.